The normalized spacial score (nSPS) is 17.1. The van der Waals surface area contributed by atoms with E-state index in [4.69, 9.17) is 4.74 Å². The molecule has 28 heavy (non-hydrogen) atoms. The number of ether oxygens (including phenoxy) is 1. The van der Waals surface area contributed by atoms with E-state index >= 15 is 0 Å². The molecular weight excluding hydrogens is 404 g/mol. The van der Waals surface area contributed by atoms with Crippen molar-refractivity contribution in [3.63, 3.8) is 0 Å². The Morgan fingerprint density at radius 1 is 1.25 bits per heavy atom. The van der Waals surface area contributed by atoms with Crippen LogP contribution in [0.4, 0.5) is 11.4 Å². The lowest BCUT2D eigenvalue weighted by atomic mass is 10.2. The maximum absolute atomic E-state index is 12.8. The van der Waals surface area contributed by atoms with Crippen LogP contribution in [0.3, 0.4) is 0 Å². The molecule has 1 atom stereocenters. The molecule has 1 aromatic rings. The highest BCUT2D eigenvalue weighted by molar-refractivity contribution is 7.89. The Balaban J connectivity index is 0.00000392. The van der Waals surface area contributed by atoms with Gasteiger partial charge < -0.3 is 20.7 Å². The van der Waals surface area contributed by atoms with E-state index in [0.717, 1.165) is 6.42 Å². The number of morpholine rings is 1. The Hall–Kier alpha value is -1.39. The van der Waals surface area contributed by atoms with Gasteiger partial charge in [0.15, 0.2) is 0 Å². The fourth-order valence-electron chi connectivity index (χ4n) is 2.86. The quantitative estimate of drug-likeness (QED) is 0.548. The maximum Gasteiger partial charge on any atom is 0.254 e. The molecule has 1 amide bonds. The highest BCUT2D eigenvalue weighted by atomic mass is 35.5. The number of carbonyl (C=O) groups is 1. The zero-order valence-corrected chi connectivity index (χ0v) is 18.3. The van der Waals surface area contributed by atoms with Crippen LogP contribution < -0.4 is 16.0 Å². The van der Waals surface area contributed by atoms with E-state index in [1.54, 1.807) is 26.0 Å². The number of hydrogen-bond acceptors (Lipinski definition) is 6. The minimum absolute atomic E-state index is 0. The fourth-order valence-corrected chi connectivity index (χ4v) is 4.35. The lowest BCUT2D eigenvalue weighted by Gasteiger charge is -2.24. The van der Waals surface area contributed by atoms with Crippen molar-refractivity contribution in [1.82, 2.24) is 9.62 Å². The van der Waals surface area contributed by atoms with E-state index in [0.29, 0.717) is 50.7 Å². The average molecular weight is 435 g/mol. The number of benzene rings is 1. The van der Waals surface area contributed by atoms with E-state index in [-0.39, 0.29) is 23.2 Å². The minimum Gasteiger partial charge on any atom is -0.383 e. The molecule has 1 aliphatic heterocycles. The van der Waals surface area contributed by atoms with Crippen molar-refractivity contribution in [2.75, 3.05) is 50.0 Å². The summed E-state index contributed by atoms with van der Waals surface area (Å²) in [6.07, 6.45) is 0.309. The monoisotopic (exact) mass is 434 g/mol. The zero-order valence-electron chi connectivity index (χ0n) is 16.7. The Morgan fingerprint density at radius 2 is 1.96 bits per heavy atom. The second-order valence-electron chi connectivity index (χ2n) is 6.28. The molecule has 1 saturated heterocycles. The van der Waals surface area contributed by atoms with Crippen LogP contribution in [0.1, 0.15) is 27.2 Å². The van der Waals surface area contributed by atoms with Crippen molar-refractivity contribution < 1.29 is 17.9 Å². The molecule has 8 nitrogen and oxygen atoms in total. The van der Waals surface area contributed by atoms with Gasteiger partial charge >= 0.3 is 0 Å². The summed E-state index contributed by atoms with van der Waals surface area (Å²) in [7, 11) is -3.61. The number of nitrogens with one attached hydrogen (secondary N) is 3. The van der Waals surface area contributed by atoms with Gasteiger partial charge in [-0.25, -0.2) is 8.42 Å². The molecule has 1 aromatic carbocycles. The van der Waals surface area contributed by atoms with Crippen LogP contribution in [-0.2, 0) is 19.6 Å². The average Bonchev–Trinajstić information content (AvgIpc) is 2.68. The van der Waals surface area contributed by atoms with E-state index in [1.807, 2.05) is 6.92 Å². The molecule has 2 rings (SSSR count). The van der Waals surface area contributed by atoms with E-state index in [2.05, 4.69) is 16.0 Å². The van der Waals surface area contributed by atoms with Gasteiger partial charge in [0.25, 0.3) is 5.91 Å². The van der Waals surface area contributed by atoms with E-state index in [9.17, 15) is 13.2 Å². The molecule has 0 radical (unpaired) electrons. The minimum atomic E-state index is -3.61. The molecule has 1 fully saturated rings. The molecule has 0 unspecified atom stereocenters. The van der Waals surface area contributed by atoms with Gasteiger partial charge in [-0.05, 0) is 24.6 Å². The predicted molar refractivity (Wildman–Crippen MR) is 114 cm³/mol. The van der Waals surface area contributed by atoms with Crippen molar-refractivity contribution >= 4 is 39.7 Å². The highest BCUT2D eigenvalue weighted by Crippen LogP contribution is 2.27. The molecule has 3 N–H and O–H groups in total. The molecule has 0 spiro atoms. The van der Waals surface area contributed by atoms with Crippen LogP contribution in [0.15, 0.2) is 23.1 Å². The van der Waals surface area contributed by atoms with Crippen molar-refractivity contribution in [3.05, 3.63) is 18.2 Å². The number of hydrogen-bond donors (Lipinski definition) is 3. The third-order valence-electron chi connectivity index (χ3n) is 4.38. The Kier molecular flexibility index (Phi) is 10.2. The lowest BCUT2D eigenvalue weighted by molar-refractivity contribution is -0.128. The highest BCUT2D eigenvalue weighted by Gasteiger charge is 2.25. The molecule has 0 aromatic heterocycles. The number of anilines is 2. The Labute approximate surface area is 173 Å². The first-order valence-electron chi connectivity index (χ1n) is 9.45. The predicted octanol–water partition coefficient (Wildman–Crippen LogP) is 1.89. The molecule has 0 saturated carbocycles. The van der Waals surface area contributed by atoms with Gasteiger partial charge in [-0.2, -0.15) is 4.31 Å². The first-order valence-corrected chi connectivity index (χ1v) is 10.9. The summed E-state index contributed by atoms with van der Waals surface area (Å²) in [6.45, 7) is 8.73. The fraction of sp³-hybridized carbons (Fsp3) is 0.611. The van der Waals surface area contributed by atoms with Crippen LogP contribution >= 0.6 is 12.4 Å². The summed E-state index contributed by atoms with van der Waals surface area (Å²) in [5.41, 5.74) is 1.13. The first-order chi connectivity index (χ1) is 12.9. The van der Waals surface area contributed by atoms with Gasteiger partial charge in [-0.15, -0.1) is 12.4 Å². The number of nitrogens with zero attached hydrogens (tertiary/aromatic N) is 1. The van der Waals surface area contributed by atoms with Crippen LogP contribution in [0.25, 0.3) is 0 Å². The number of sulfonamides is 1. The van der Waals surface area contributed by atoms with Crippen molar-refractivity contribution in [2.45, 2.75) is 38.2 Å². The third kappa shape index (κ3) is 6.05. The summed E-state index contributed by atoms with van der Waals surface area (Å²) in [4.78, 5) is 12.7. The van der Waals surface area contributed by atoms with Crippen LogP contribution in [0, 0.1) is 0 Å². The second kappa shape index (κ2) is 11.6. The summed E-state index contributed by atoms with van der Waals surface area (Å²) >= 11 is 0. The van der Waals surface area contributed by atoms with Gasteiger partial charge in [0, 0.05) is 32.7 Å². The number of halogens is 1. The number of rotatable bonds is 9. The van der Waals surface area contributed by atoms with Crippen LogP contribution in [0.5, 0.6) is 0 Å². The topological polar surface area (TPSA) is 99.8 Å². The Bertz CT molecular complexity index is 735. The Morgan fingerprint density at radius 3 is 2.54 bits per heavy atom. The number of carbonyl (C=O) groups excluding carboxylic acids is 1. The summed E-state index contributed by atoms with van der Waals surface area (Å²) < 4.78 is 32.5. The van der Waals surface area contributed by atoms with Gasteiger partial charge in [-0.3, -0.25) is 4.79 Å². The summed E-state index contributed by atoms with van der Waals surface area (Å²) in [5.74, 6) is -0.292. The lowest BCUT2D eigenvalue weighted by Crippen LogP contribution is -2.45. The molecule has 1 heterocycles. The molecule has 160 valence electrons. The second-order valence-corrected chi connectivity index (χ2v) is 8.21. The van der Waals surface area contributed by atoms with Crippen LogP contribution in [0.2, 0.25) is 0 Å². The molecule has 1 aliphatic rings. The SMILES string of the molecule is CCCNc1ccc(S(=O)(=O)N(CC)CC)cc1NC(=O)[C@H]1CNCCO1.Cl. The summed E-state index contributed by atoms with van der Waals surface area (Å²) in [5, 5.41) is 9.17. The van der Waals surface area contributed by atoms with E-state index in [1.165, 1.54) is 10.4 Å². The molecule has 10 heteroatoms. The third-order valence-corrected chi connectivity index (χ3v) is 6.42. The van der Waals surface area contributed by atoms with Crippen LogP contribution in [-0.4, -0.2) is 64.1 Å². The number of amides is 1. The van der Waals surface area contributed by atoms with Gasteiger partial charge in [0.2, 0.25) is 10.0 Å². The van der Waals surface area contributed by atoms with Gasteiger partial charge in [0.1, 0.15) is 6.10 Å². The zero-order chi connectivity index (χ0) is 19.9. The molecule has 0 bridgehead atoms. The molecule has 0 aliphatic carbocycles. The van der Waals surface area contributed by atoms with Crippen molar-refractivity contribution in [2.24, 2.45) is 0 Å². The summed E-state index contributed by atoms with van der Waals surface area (Å²) in [6, 6.07) is 4.78. The smallest absolute Gasteiger partial charge is 0.254 e. The first kappa shape index (κ1) is 24.6. The molecular formula is C18H31ClN4O4S. The standard InChI is InChI=1S/C18H30N4O4S.ClH/c1-4-9-20-15-8-7-14(27(24,25)22(5-2)6-3)12-16(15)21-18(23)17-13-19-10-11-26-17;/h7-8,12,17,19-20H,4-6,9-11,13H2,1-3H3,(H,21,23);1H/t17-;/m1./s1. The largest absolute Gasteiger partial charge is 0.383 e. The maximum atomic E-state index is 12.8. The van der Waals surface area contributed by atoms with Crippen molar-refractivity contribution in [3.8, 4) is 0 Å². The van der Waals surface area contributed by atoms with Gasteiger partial charge in [-0.1, -0.05) is 20.8 Å². The van der Waals surface area contributed by atoms with Gasteiger partial charge in [0.05, 0.1) is 22.9 Å². The van der Waals surface area contributed by atoms with E-state index < -0.39 is 16.1 Å². The van der Waals surface area contributed by atoms with Crippen molar-refractivity contribution in [1.29, 1.82) is 0 Å².